The lowest BCUT2D eigenvalue weighted by atomic mass is 10.1. The molecular formula is C16H10FN3O3. The van der Waals surface area contributed by atoms with Crippen molar-refractivity contribution in [1.82, 2.24) is 0 Å². The molecule has 0 aliphatic heterocycles. The predicted molar refractivity (Wildman–Crippen MR) is 81.7 cm³/mol. The number of nitro benzene ring substituents is 1. The molecular weight excluding hydrogens is 301 g/mol. The molecule has 0 aromatic heterocycles. The maximum Gasteiger partial charge on any atom is 0.271 e. The van der Waals surface area contributed by atoms with Gasteiger partial charge in [0.05, 0.1) is 10.6 Å². The Morgan fingerprint density at radius 2 is 1.96 bits per heavy atom. The van der Waals surface area contributed by atoms with Crippen molar-refractivity contribution >= 4 is 23.4 Å². The highest BCUT2D eigenvalue weighted by molar-refractivity contribution is 6.09. The van der Waals surface area contributed by atoms with Crippen molar-refractivity contribution in [3.8, 4) is 6.07 Å². The van der Waals surface area contributed by atoms with Crippen molar-refractivity contribution in [3.05, 3.63) is 75.6 Å². The van der Waals surface area contributed by atoms with Crippen LogP contribution in [0.3, 0.4) is 0 Å². The third kappa shape index (κ3) is 3.98. The van der Waals surface area contributed by atoms with E-state index in [1.807, 2.05) is 0 Å². The Morgan fingerprint density at radius 1 is 1.26 bits per heavy atom. The minimum atomic E-state index is -0.851. The molecule has 1 amide bonds. The largest absolute Gasteiger partial charge is 0.319 e. The van der Waals surface area contributed by atoms with Gasteiger partial charge in [-0.1, -0.05) is 30.3 Å². The lowest BCUT2D eigenvalue weighted by molar-refractivity contribution is -0.384. The van der Waals surface area contributed by atoms with E-state index in [1.54, 1.807) is 36.4 Å². The summed E-state index contributed by atoms with van der Waals surface area (Å²) >= 11 is 0. The maximum atomic E-state index is 13.6. The summed E-state index contributed by atoms with van der Waals surface area (Å²) in [6.45, 7) is 0. The van der Waals surface area contributed by atoms with Crippen LogP contribution in [0.2, 0.25) is 0 Å². The van der Waals surface area contributed by atoms with E-state index in [-0.39, 0.29) is 16.9 Å². The average molecular weight is 311 g/mol. The number of halogens is 1. The number of anilines is 1. The number of nitriles is 1. The molecule has 0 spiro atoms. The summed E-state index contributed by atoms with van der Waals surface area (Å²) in [5.41, 5.74) is -0.355. The molecule has 23 heavy (non-hydrogen) atoms. The number of non-ortho nitro benzene ring substituents is 1. The zero-order valence-electron chi connectivity index (χ0n) is 11.7. The molecule has 1 N–H and O–H groups in total. The van der Waals surface area contributed by atoms with Crippen molar-refractivity contribution in [1.29, 1.82) is 5.26 Å². The van der Waals surface area contributed by atoms with Crippen LogP contribution in [0.1, 0.15) is 5.56 Å². The lowest BCUT2D eigenvalue weighted by Gasteiger charge is -2.05. The van der Waals surface area contributed by atoms with E-state index in [9.17, 15) is 19.3 Å². The van der Waals surface area contributed by atoms with Crippen LogP contribution in [-0.2, 0) is 4.79 Å². The Balaban J connectivity index is 2.27. The van der Waals surface area contributed by atoms with Crippen LogP contribution in [0, 0.1) is 27.3 Å². The molecule has 0 unspecified atom stereocenters. The molecule has 2 rings (SSSR count). The number of carbonyl (C=O) groups excluding carboxylic acids is 1. The summed E-state index contributed by atoms with van der Waals surface area (Å²) in [5.74, 6) is -1.68. The van der Waals surface area contributed by atoms with Gasteiger partial charge in [-0.2, -0.15) is 5.26 Å². The fourth-order valence-electron chi connectivity index (χ4n) is 1.78. The molecule has 2 aromatic rings. The van der Waals surface area contributed by atoms with E-state index in [0.717, 1.165) is 18.2 Å². The number of amides is 1. The van der Waals surface area contributed by atoms with Gasteiger partial charge in [0.1, 0.15) is 17.5 Å². The number of carbonyl (C=O) groups is 1. The van der Waals surface area contributed by atoms with Gasteiger partial charge < -0.3 is 5.32 Å². The van der Waals surface area contributed by atoms with E-state index in [4.69, 9.17) is 5.26 Å². The Morgan fingerprint density at radius 3 is 2.57 bits per heavy atom. The van der Waals surface area contributed by atoms with Crippen molar-refractivity contribution in [2.75, 3.05) is 5.32 Å². The molecule has 0 aliphatic rings. The van der Waals surface area contributed by atoms with Gasteiger partial charge in [-0.15, -0.1) is 0 Å². The van der Waals surface area contributed by atoms with Crippen LogP contribution in [0.25, 0.3) is 6.08 Å². The molecule has 0 heterocycles. The Hall–Kier alpha value is -3.53. The highest BCUT2D eigenvalue weighted by Crippen LogP contribution is 2.22. The normalized spacial score (nSPS) is 10.7. The second-order valence-corrected chi connectivity index (χ2v) is 4.46. The third-order valence-electron chi connectivity index (χ3n) is 2.88. The molecule has 7 heteroatoms. The Kier molecular flexibility index (Phi) is 4.79. The SMILES string of the molecule is N#CC(=Cc1ccccc1)C(=O)Nc1cc([N+](=O)[O-])ccc1F. The van der Waals surface area contributed by atoms with Gasteiger partial charge in [0.15, 0.2) is 0 Å². The summed E-state index contributed by atoms with van der Waals surface area (Å²) in [6.07, 6.45) is 1.34. The van der Waals surface area contributed by atoms with Gasteiger partial charge in [0.25, 0.3) is 11.6 Å². The van der Waals surface area contributed by atoms with Crippen LogP contribution >= 0.6 is 0 Å². The van der Waals surface area contributed by atoms with Crippen LogP contribution in [0.15, 0.2) is 54.1 Å². The topological polar surface area (TPSA) is 96.0 Å². The second-order valence-electron chi connectivity index (χ2n) is 4.46. The average Bonchev–Trinajstić information content (AvgIpc) is 2.55. The lowest BCUT2D eigenvalue weighted by Crippen LogP contribution is -2.14. The summed E-state index contributed by atoms with van der Waals surface area (Å²) in [4.78, 5) is 22.0. The molecule has 0 fully saturated rings. The molecule has 2 aromatic carbocycles. The van der Waals surface area contributed by atoms with E-state index < -0.39 is 16.6 Å². The van der Waals surface area contributed by atoms with Gasteiger partial charge in [0.2, 0.25) is 0 Å². The molecule has 114 valence electrons. The summed E-state index contributed by atoms with van der Waals surface area (Å²) in [7, 11) is 0. The third-order valence-corrected chi connectivity index (χ3v) is 2.88. The standard InChI is InChI=1S/C16H10FN3O3/c17-14-7-6-13(20(22)23)9-15(14)19-16(21)12(10-18)8-11-4-2-1-3-5-11/h1-9H,(H,19,21). The summed E-state index contributed by atoms with van der Waals surface area (Å²) in [6, 6.07) is 13.1. The highest BCUT2D eigenvalue weighted by Gasteiger charge is 2.15. The van der Waals surface area contributed by atoms with Gasteiger partial charge in [-0.05, 0) is 17.7 Å². The zero-order chi connectivity index (χ0) is 16.8. The summed E-state index contributed by atoms with van der Waals surface area (Å²) in [5, 5.41) is 21.9. The second kappa shape index (κ2) is 6.95. The maximum absolute atomic E-state index is 13.6. The summed E-state index contributed by atoms with van der Waals surface area (Å²) < 4.78 is 13.6. The minimum absolute atomic E-state index is 0.248. The van der Waals surface area contributed by atoms with Crippen LogP contribution in [0.4, 0.5) is 15.8 Å². The monoisotopic (exact) mass is 311 g/mol. The molecule has 0 saturated carbocycles. The highest BCUT2D eigenvalue weighted by atomic mass is 19.1. The Bertz CT molecular complexity index is 826. The molecule has 0 radical (unpaired) electrons. The number of hydrogen-bond acceptors (Lipinski definition) is 4. The molecule has 0 bridgehead atoms. The van der Waals surface area contributed by atoms with Gasteiger partial charge in [0, 0.05) is 12.1 Å². The first-order valence-corrected chi connectivity index (χ1v) is 6.43. The fourth-order valence-corrected chi connectivity index (χ4v) is 1.78. The number of rotatable bonds is 4. The van der Waals surface area contributed by atoms with Crippen molar-refractivity contribution in [2.24, 2.45) is 0 Å². The number of nitrogens with zero attached hydrogens (tertiary/aromatic N) is 2. The first-order chi connectivity index (χ1) is 11.0. The quantitative estimate of drug-likeness (QED) is 0.405. The van der Waals surface area contributed by atoms with Crippen LogP contribution < -0.4 is 5.32 Å². The number of benzene rings is 2. The first-order valence-electron chi connectivity index (χ1n) is 6.43. The van der Waals surface area contributed by atoms with Gasteiger partial charge in [-0.25, -0.2) is 4.39 Å². The van der Waals surface area contributed by atoms with Crippen molar-refractivity contribution in [3.63, 3.8) is 0 Å². The van der Waals surface area contributed by atoms with E-state index in [2.05, 4.69) is 5.32 Å². The number of nitro groups is 1. The number of hydrogen-bond donors (Lipinski definition) is 1. The van der Waals surface area contributed by atoms with Crippen molar-refractivity contribution < 1.29 is 14.1 Å². The Labute approximate surface area is 130 Å². The van der Waals surface area contributed by atoms with Crippen LogP contribution in [0.5, 0.6) is 0 Å². The van der Waals surface area contributed by atoms with E-state index in [0.29, 0.717) is 5.56 Å². The fraction of sp³-hybridized carbons (Fsp3) is 0. The van der Waals surface area contributed by atoms with E-state index in [1.165, 1.54) is 6.08 Å². The zero-order valence-corrected chi connectivity index (χ0v) is 11.7. The van der Waals surface area contributed by atoms with Gasteiger partial charge >= 0.3 is 0 Å². The predicted octanol–water partition coefficient (Wildman–Crippen LogP) is 3.28. The first kappa shape index (κ1) is 15.9. The smallest absolute Gasteiger partial charge is 0.271 e. The van der Waals surface area contributed by atoms with Gasteiger partial charge in [-0.3, -0.25) is 14.9 Å². The van der Waals surface area contributed by atoms with Crippen molar-refractivity contribution in [2.45, 2.75) is 0 Å². The molecule has 0 atom stereocenters. The van der Waals surface area contributed by atoms with Crippen LogP contribution in [-0.4, -0.2) is 10.8 Å². The number of nitrogens with one attached hydrogen (secondary N) is 1. The van der Waals surface area contributed by atoms with E-state index >= 15 is 0 Å². The molecule has 0 aliphatic carbocycles. The molecule has 6 nitrogen and oxygen atoms in total. The molecule has 0 saturated heterocycles. The minimum Gasteiger partial charge on any atom is -0.319 e.